The summed E-state index contributed by atoms with van der Waals surface area (Å²) in [5.74, 6) is 1.08. The van der Waals surface area contributed by atoms with Gasteiger partial charge in [0.15, 0.2) is 0 Å². The van der Waals surface area contributed by atoms with E-state index in [0.717, 1.165) is 47.4 Å². The van der Waals surface area contributed by atoms with E-state index >= 15 is 0 Å². The molecular weight excluding hydrogens is 394 g/mol. The highest BCUT2D eigenvalue weighted by molar-refractivity contribution is 6.53. The lowest BCUT2D eigenvalue weighted by molar-refractivity contribution is 0.293. The Hall–Kier alpha value is -2.75. The molecule has 3 nitrogen and oxygen atoms in total. The monoisotopic (exact) mass is 421 g/mol. The molecule has 0 bridgehead atoms. The molecule has 0 heterocycles. The summed E-state index contributed by atoms with van der Waals surface area (Å²) < 4.78 is 5.89. The van der Waals surface area contributed by atoms with Gasteiger partial charge in [0.05, 0.1) is 11.6 Å². The third-order valence-corrected chi connectivity index (χ3v) is 5.22. The summed E-state index contributed by atoms with van der Waals surface area (Å²) in [6.45, 7) is 1.78. The second kappa shape index (κ2) is 10.9. The Morgan fingerprint density at radius 1 is 0.800 bits per heavy atom. The zero-order chi connectivity index (χ0) is 21.3. The van der Waals surface area contributed by atoms with Crippen LogP contribution in [0.1, 0.15) is 29.5 Å². The van der Waals surface area contributed by atoms with Gasteiger partial charge in [-0.05, 0) is 74.4 Å². The van der Waals surface area contributed by atoms with Gasteiger partial charge in [0.1, 0.15) is 11.5 Å². The first kappa shape index (κ1) is 21.9. The van der Waals surface area contributed by atoms with E-state index in [4.69, 9.17) is 16.3 Å². The van der Waals surface area contributed by atoms with Gasteiger partial charge in [-0.15, -0.1) is 0 Å². The highest BCUT2D eigenvalue weighted by Crippen LogP contribution is 2.36. The summed E-state index contributed by atoms with van der Waals surface area (Å²) in [5, 5.41) is 10.3. The SMILES string of the molecule is CN(C)CCCCOc1ccc(C(=C(Cl)c2ccccc2)c2ccc(O)cc2)cc1. The number of phenolic OH excluding ortho intramolecular Hbond substituents is 1. The van der Waals surface area contributed by atoms with Crippen molar-refractivity contribution < 1.29 is 9.84 Å². The second-order valence-electron chi connectivity index (χ2n) is 7.49. The van der Waals surface area contributed by atoms with Crippen molar-refractivity contribution in [1.82, 2.24) is 4.90 Å². The Morgan fingerprint density at radius 3 is 2.00 bits per heavy atom. The average molecular weight is 422 g/mol. The van der Waals surface area contributed by atoms with E-state index in [1.807, 2.05) is 66.7 Å². The molecule has 0 spiro atoms. The van der Waals surface area contributed by atoms with Crippen molar-refractivity contribution >= 4 is 22.2 Å². The lowest BCUT2D eigenvalue weighted by atomic mass is 9.95. The first-order valence-corrected chi connectivity index (χ1v) is 10.5. The van der Waals surface area contributed by atoms with Crippen LogP contribution >= 0.6 is 11.6 Å². The van der Waals surface area contributed by atoms with Gasteiger partial charge in [-0.1, -0.05) is 66.2 Å². The van der Waals surface area contributed by atoms with Crippen LogP contribution in [0, 0.1) is 0 Å². The summed E-state index contributed by atoms with van der Waals surface area (Å²) >= 11 is 6.85. The third-order valence-electron chi connectivity index (χ3n) is 4.81. The number of aromatic hydroxyl groups is 1. The molecule has 0 aromatic heterocycles. The maximum absolute atomic E-state index is 9.68. The largest absolute Gasteiger partial charge is 0.508 e. The van der Waals surface area contributed by atoms with Crippen LogP contribution in [0.15, 0.2) is 78.9 Å². The molecule has 1 N–H and O–H groups in total. The minimum absolute atomic E-state index is 0.229. The fourth-order valence-corrected chi connectivity index (χ4v) is 3.56. The first-order valence-electron chi connectivity index (χ1n) is 10.2. The molecule has 0 saturated heterocycles. The van der Waals surface area contributed by atoms with E-state index < -0.39 is 0 Å². The molecule has 0 aliphatic rings. The average Bonchev–Trinajstić information content (AvgIpc) is 2.76. The van der Waals surface area contributed by atoms with Crippen LogP contribution in [-0.4, -0.2) is 37.3 Å². The summed E-state index contributed by atoms with van der Waals surface area (Å²) in [6, 6.07) is 25.0. The van der Waals surface area contributed by atoms with Crippen molar-refractivity contribution in [3.8, 4) is 11.5 Å². The maximum atomic E-state index is 9.68. The molecule has 0 aliphatic heterocycles. The number of hydrogen-bond donors (Lipinski definition) is 1. The molecule has 3 rings (SSSR count). The lowest BCUT2D eigenvalue weighted by Gasteiger charge is -2.14. The lowest BCUT2D eigenvalue weighted by Crippen LogP contribution is -2.13. The second-order valence-corrected chi connectivity index (χ2v) is 7.86. The molecule has 30 heavy (non-hydrogen) atoms. The van der Waals surface area contributed by atoms with Crippen LogP contribution < -0.4 is 4.74 Å². The molecule has 4 heteroatoms. The van der Waals surface area contributed by atoms with E-state index in [1.165, 1.54) is 0 Å². The normalized spacial score (nSPS) is 12.0. The number of rotatable bonds is 9. The quantitative estimate of drug-likeness (QED) is 0.326. The van der Waals surface area contributed by atoms with Crippen molar-refractivity contribution in [3.63, 3.8) is 0 Å². The molecule has 0 fully saturated rings. The number of halogens is 1. The number of unbranched alkanes of at least 4 members (excludes halogenated alkanes) is 1. The molecule has 0 unspecified atom stereocenters. The Labute approximate surface area is 184 Å². The van der Waals surface area contributed by atoms with Crippen molar-refractivity contribution in [2.45, 2.75) is 12.8 Å². The van der Waals surface area contributed by atoms with E-state index in [1.54, 1.807) is 12.1 Å². The van der Waals surface area contributed by atoms with E-state index in [-0.39, 0.29) is 5.75 Å². The number of hydrogen-bond acceptors (Lipinski definition) is 3. The zero-order valence-electron chi connectivity index (χ0n) is 17.5. The highest BCUT2D eigenvalue weighted by Gasteiger charge is 2.13. The zero-order valence-corrected chi connectivity index (χ0v) is 18.3. The molecule has 3 aromatic carbocycles. The molecule has 0 amide bonds. The van der Waals surface area contributed by atoms with Gasteiger partial charge in [-0.25, -0.2) is 0 Å². The summed E-state index contributed by atoms with van der Waals surface area (Å²) in [4.78, 5) is 2.18. The summed E-state index contributed by atoms with van der Waals surface area (Å²) in [5.41, 5.74) is 3.80. The summed E-state index contributed by atoms with van der Waals surface area (Å²) in [6.07, 6.45) is 2.14. The van der Waals surface area contributed by atoms with Gasteiger partial charge in [0.25, 0.3) is 0 Å². The number of benzene rings is 3. The van der Waals surface area contributed by atoms with Gasteiger partial charge < -0.3 is 14.7 Å². The molecule has 0 radical (unpaired) electrons. The third kappa shape index (κ3) is 6.12. The molecule has 0 aliphatic carbocycles. The van der Waals surface area contributed by atoms with E-state index in [2.05, 4.69) is 19.0 Å². The van der Waals surface area contributed by atoms with Crippen molar-refractivity contribution in [3.05, 3.63) is 95.6 Å². The predicted molar refractivity (Wildman–Crippen MR) is 126 cm³/mol. The van der Waals surface area contributed by atoms with Crippen LogP contribution in [-0.2, 0) is 0 Å². The topological polar surface area (TPSA) is 32.7 Å². The molecular formula is C26H28ClNO2. The molecule has 156 valence electrons. The minimum atomic E-state index is 0.229. The molecule has 3 aromatic rings. The van der Waals surface area contributed by atoms with Crippen molar-refractivity contribution in [2.75, 3.05) is 27.2 Å². The fraction of sp³-hybridized carbons (Fsp3) is 0.231. The van der Waals surface area contributed by atoms with E-state index in [0.29, 0.717) is 11.6 Å². The number of ether oxygens (including phenoxy) is 1. The number of phenols is 1. The van der Waals surface area contributed by atoms with Crippen LogP contribution in [0.5, 0.6) is 11.5 Å². The summed E-state index contributed by atoms with van der Waals surface area (Å²) in [7, 11) is 4.17. The van der Waals surface area contributed by atoms with Crippen molar-refractivity contribution in [2.24, 2.45) is 0 Å². The minimum Gasteiger partial charge on any atom is -0.508 e. The van der Waals surface area contributed by atoms with Gasteiger partial charge in [0.2, 0.25) is 0 Å². The van der Waals surface area contributed by atoms with Gasteiger partial charge in [0, 0.05) is 5.57 Å². The standard InChI is InChI=1S/C26H28ClNO2/c1-28(2)18-6-7-19-30-24-16-12-21(13-17-24)25(20-10-14-23(29)15-11-20)26(27)22-8-4-3-5-9-22/h3-5,8-17,29H,6-7,18-19H2,1-2H3. The van der Waals surface area contributed by atoms with Gasteiger partial charge >= 0.3 is 0 Å². The Bertz CT molecular complexity index is 949. The van der Waals surface area contributed by atoms with Crippen LogP contribution in [0.4, 0.5) is 0 Å². The molecule has 0 atom stereocenters. The van der Waals surface area contributed by atoms with Crippen LogP contribution in [0.3, 0.4) is 0 Å². The van der Waals surface area contributed by atoms with E-state index in [9.17, 15) is 5.11 Å². The van der Waals surface area contributed by atoms with Crippen LogP contribution in [0.2, 0.25) is 0 Å². The first-order chi connectivity index (χ1) is 14.5. The fourth-order valence-electron chi connectivity index (χ4n) is 3.21. The Morgan fingerprint density at radius 2 is 1.40 bits per heavy atom. The Balaban J connectivity index is 1.83. The highest BCUT2D eigenvalue weighted by atomic mass is 35.5. The van der Waals surface area contributed by atoms with Gasteiger partial charge in [-0.2, -0.15) is 0 Å². The van der Waals surface area contributed by atoms with Crippen molar-refractivity contribution in [1.29, 1.82) is 0 Å². The van der Waals surface area contributed by atoms with Crippen LogP contribution in [0.25, 0.3) is 10.6 Å². The number of nitrogens with zero attached hydrogens (tertiary/aromatic N) is 1. The molecule has 0 saturated carbocycles. The predicted octanol–water partition coefficient (Wildman–Crippen LogP) is 6.27. The van der Waals surface area contributed by atoms with Gasteiger partial charge in [-0.3, -0.25) is 0 Å². The maximum Gasteiger partial charge on any atom is 0.119 e. The smallest absolute Gasteiger partial charge is 0.119 e. The Kier molecular flexibility index (Phi) is 7.95.